The highest BCUT2D eigenvalue weighted by Gasteiger charge is 2.35. The molecule has 0 radical (unpaired) electrons. The van der Waals surface area contributed by atoms with Gasteiger partial charge in [0.1, 0.15) is 5.75 Å². The Hall–Kier alpha value is -3.19. The number of ether oxygens (including phenoxy) is 1. The van der Waals surface area contributed by atoms with Crippen LogP contribution in [0.1, 0.15) is 36.8 Å². The van der Waals surface area contributed by atoms with Crippen LogP contribution in [-0.2, 0) is 0 Å². The Balaban J connectivity index is 1.56. The predicted octanol–water partition coefficient (Wildman–Crippen LogP) is 3.39. The van der Waals surface area contributed by atoms with Crippen LogP contribution in [0.5, 0.6) is 17.2 Å². The van der Waals surface area contributed by atoms with E-state index in [-0.39, 0.29) is 5.75 Å². The van der Waals surface area contributed by atoms with Crippen molar-refractivity contribution in [2.24, 2.45) is 0 Å². The fourth-order valence-electron chi connectivity index (χ4n) is 4.81. The van der Waals surface area contributed by atoms with Gasteiger partial charge in [-0.3, -0.25) is 0 Å². The number of fused-ring (bicyclic) bond motifs is 4. The van der Waals surface area contributed by atoms with E-state index in [0.717, 1.165) is 29.5 Å². The number of hydrogen-bond donors (Lipinski definition) is 3. The second kappa shape index (κ2) is 5.90. The molecule has 0 saturated carbocycles. The van der Waals surface area contributed by atoms with Crippen molar-refractivity contribution < 1.29 is 9.84 Å². The van der Waals surface area contributed by atoms with Crippen LogP contribution in [0.2, 0.25) is 0 Å². The van der Waals surface area contributed by atoms with Gasteiger partial charge in [-0.25, -0.2) is 0 Å². The summed E-state index contributed by atoms with van der Waals surface area (Å²) in [6, 6.07) is 12.7. The normalized spacial score (nSPS) is 25.1. The largest absolute Gasteiger partial charge is 0.504 e. The minimum absolute atomic E-state index is 0.156. The van der Waals surface area contributed by atoms with E-state index in [1.54, 1.807) is 6.07 Å². The molecule has 2 bridgehead atoms. The van der Waals surface area contributed by atoms with Gasteiger partial charge in [-0.15, -0.1) is 10.2 Å². The van der Waals surface area contributed by atoms with Crippen LogP contribution in [0.15, 0.2) is 42.0 Å². The van der Waals surface area contributed by atoms with Gasteiger partial charge in [0.2, 0.25) is 5.82 Å². The monoisotopic (exact) mass is 373 g/mol. The van der Waals surface area contributed by atoms with Gasteiger partial charge in [-0.05, 0) is 54.7 Å². The molecule has 2 fully saturated rings. The van der Waals surface area contributed by atoms with Gasteiger partial charge in [-0.2, -0.15) is 5.21 Å². The number of phenols is 1. The topological polar surface area (TPSA) is 96.0 Å². The van der Waals surface area contributed by atoms with E-state index in [1.165, 1.54) is 24.0 Å². The number of benzene rings is 2. The number of aromatic hydroxyl groups is 1. The van der Waals surface area contributed by atoms with Crippen LogP contribution in [0, 0.1) is 0 Å². The van der Waals surface area contributed by atoms with Crippen LogP contribution in [0.25, 0.3) is 17.0 Å². The number of aromatic amines is 1. The summed E-state index contributed by atoms with van der Waals surface area (Å²) in [6.07, 6.45) is 4.53. The summed E-state index contributed by atoms with van der Waals surface area (Å²) in [5.74, 6) is 1.91. The Morgan fingerprint density at radius 2 is 1.89 bits per heavy atom. The molecule has 3 aliphatic rings. The summed E-state index contributed by atoms with van der Waals surface area (Å²) < 4.78 is 6.15. The van der Waals surface area contributed by atoms with Crippen molar-refractivity contribution >= 4 is 5.57 Å². The van der Waals surface area contributed by atoms with E-state index >= 15 is 0 Å². The minimum Gasteiger partial charge on any atom is -0.504 e. The number of nitrogens with one attached hydrogen (secondary N) is 2. The summed E-state index contributed by atoms with van der Waals surface area (Å²) in [6.45, 7) is 0. The third-order valence-corrected chi connectivity index (χ3v) is 6.00. The SMILES string of the molecule is Oc1cccc2c1Oc1cc(-c3nn[nH]n3)ccc1C2=C1C[C@H]2CC[C@@H](C1)N2. The molecule has 1 aromatic heterocycles. The zero-order valence-electron chi connectivity index (χ0n) is 15.1. The zero-order valence-corrected chi connectivity index (χ0v) is 15.1. The van der Waals surface area contributed by atoms with Gasteiger partial charge in [0.25, 0.3) is 0 Å². The number of rotatable bonds is 1. The molecule has 28 heavy (non-hydrogen) atoms. The maximum absolute atomic E-state index is 10.5. The third kappa shape index (κ3) is 2.36. The molecule has 4 heterocycles. The molecule has 0 aliphatic carbocycles. The molecule has 7 nitrogen and oxygen atoms in total. The molecule has 3 N–H and O–H groups in total. The predicted molar refractivity (Wildman–Crippen MR) is 103 cm³/mol. The lowest BCUT2D eigenvalue weighted by molar-refractivity contribution is 0.406. The number of para-hydroxylation sites is 1. The number of phenolic OH excluding ortho intramolecular Hbond substituents is 1. The molecule has 140 valence electrons. The summed E-state index contributed by atoms with van der Waals surface area (Å²) in [5, 5.41) is 28.4. The first-order chi connectivity index (χ1) is 13.8. The smallest absolute Gasteiger partial charge is 0.204 e. The standard InChI is InChI=1S/C21H19N5O2/c27-17-3-1-2-16-19(12-8-13-5-6-14(9-12)22-13)15-7-4-11(21-23-25-26-24-21)10-18(15)28-20(16)17/h1-4,7,10,13-14,22,27H,5-6,8-9H2,(H,23,24,25,26)/t13-,14+. The average molecular weight is 373 g/mol. The number of H-pyrrole nitrogens is 1. The molecule has 3 aliphatic heterocycles. The molecular weight excluding hydrogens is 354 g/mol. The van der Waals surface area contributed by atoms with Crippen LogP contribution < -0.4 is 10.1 Å². The summed E-state index contributed by atoms with van der Waals surface area (Å²) >= 11 is 0. The van der Waals surface area contributed by atoms with E-state index in [2.05, 4.69) is 32.0 Å². The van der Waals surface area contributed by atoms with Crippen molar-refractivity contribution in [1.82, 2.24) is 25.9 Å². The van der Waals surface area contributed by atoms with Gasteiger partial charge in [0.05, 0.1) is 0 Å². The van der Waals surface area contributed by atoms with Crippen LogP contribution in [-0.4, -0.2) is 37.8 Å². The van der Waals surface area contributed by atoms with Crippen molar-refractivity contribution in [3.05, 3.63) is 53.1 Å². The molecule has 7 heteroatoms. The molecule has 2 aromatic carbocycles. The minimum atomic E-state index is 0.156. The molecule has 0 spiro atoms. The molecule has 2 atom stereocenters. The number of nitrogens with zero attached hydrogens (tertiary/aromatic N) is 3. The fourth-order valence-corrected chi connectivity index (χ4v) is 4.81. The maximum atomic E-state index is 10.5. The van der Waals surface area contributed by atoms with Gasteiger partial charge in [-0.1, -0.05) is 23.8 Å². The second-order valence-corrected chi connectivity index (χ2v) is 7.73. The third-order valence-electron chi connectivity index (χ3n) is 6.00. The summed E-state index contributed by atoms with van der Waals surface area (Å²) in [7, 11) is 0. The molecule has 3 aromatic rings. The second-order valence-electron chi connectivity index (χ2n) is 7.73. The zero-order chi connectivity index (χ0) is 18.7. The van der Waals surface area contributed by atoms with Crippen LogP contribution in [0.4, 0.5) is 0 Å². The molecule has 0 amide bonds. The lowest BCUT2D eigenvalue weighted by Gasteiger charge is -2.30. The first-order valence-corrected chi connectivity index (χ1v) is 9.63. The highest BCUT2D eigenvalue weighted by atomic mass is 16.5. The van der Waals surface area contributed by atoms with Crippen molar-refractivity contribution in [1.29, 1.82) is 0 Å². The molecule has 6 rings (SSSR count). The Bertz CT molecular complexity index is 1090. The summed E-state index contributed by atoms with van der Waals surface area (Å²) in [5.41, 5.74) is 5.49. The molecule has 0 unspecified atom stereocenters. The first kappa shape index (κ1) is 15.8. The quantitative estimate of drug-likeness (QED) is 0.473. The Kier molecular flexibility index (Phi) is 3.34. The highest BCUT2D eigenvalue weighted by molar-refractivity contribution is 5.91. The fraction of sp³-hybridized carbons (Fsp3) is 0.286. The van der Waals surface area contributed by atoms with Gasteiger partial charge < -0.3 is 15.2 Å². The van der Waals surface area contributed by atoms with Gasteiger partial charge in [0, 0.05) is 28.8 Å². The van der Waals surface area contributed by atoms with Crippen LogP contribution in [0.3, 0.4) is 0 Å². The van der Waals surface area contributed by atoms with Crippen molar-refractivity contribution in [3.8, 4) is 28.6 Å². The maximum Gasteiger partial charge on any atom is 0.204 e. The number of tetrazole rings is 1. The van der Waals surface area contributed by atoms with E-state index in [1.807, 2.05) is 24.3 Å². The Labute approximate surface area is 161 Å². The van der Waals surface area contributed by atoms with E-state index in [9.17, 15) is 5.11 Å². The van der Waals surface area contributed by atoms with Crippen LogP contribution >= 0.6 is 0 Å². The number of hydrogen-bond acceptors (Lipinski definition) is 6. The van der Waals surface area contributed by atoms with Crippen molar-refractivity contribution in [2.75, 3.05) is 0 Å². The molecular formula is C21H19N5O2. The summed E-state index contributed by atoms with van der Waals surface area (Å²) in [4.78, 5) is 0. The van der Waals surface area contributed by atoms with Gasteiger partial charge >= 0.3 is 0 Å². The molecule has 2 saturated heterocycles. The lowest BCUT2D eigenvalue weighted by Crippen LogP contribution is -2.35. The van der Waals surface area contributed by atoms with E-state index in [0.29, 0.717) is 29.4 Å². The van der Waals surface area contributed by atoms with E-state index in [4.69, 9.17) is 4.74 Å². The average Bonchev–Trinajstić information content (AvgIpc) is 3.36. The Morgan fingerprint density at radius 1 is 1.04 bits per heavy atom. The highest BCUT2D eigenvalue weighted by Crippen LogP contribution is 2.51. The van der Waals surface area contributed by atoms with Gasteiger partial charge in [0.15, 0.2) is 11.5 Å². The van der Waals surface area contributed by atoms with E-state index < -0.39 is 0 Å². The van der Waals surface area contributed by atoms with Crippen molar-refractivity contribution in [2.45, 2.75) is 37.8 Å². The lowest BCUT2D eigenvalue weighted by atomic mass is 9.84. The first-order valence-electron chi connectivity index (χ1n) is 9.63. The Morgan fingerprint density at radius 3 is 2.68 bits per heavy atom. The number of aromatic nitrogens is 4. The number of piperidine rings is 1. The van der Waals surface area contributed by atoms with Crippen molar-refractivity contribution in [3.63, 3.8) is 0 Å².